The van der Waals surface area contributed by atoms with E-state index in [-0.39, 0.29) is 17.9 Å². The van der Waals surface area contributed by atoms with Crippen LogP contribution in [0.25, 0.3) is 0 Å². The Kier molecular flexibility index (Phi) is 6.02. The molecule has 0 bridgehead atoms. The van der Waals surface area contributed by atoms with Gasteiger partial charge in [-0.1, -0.05) is 32.0 Å². The van der Waals surface area contributed by atoms with Crippen molar-refractivity contribution in [1.29, 1.82) is 0 Å². The number of nitrogens with two attached hydrogens (primary N) is 1. The van der Waals surface area contributed by atoms with E-state index in [1.54, 1.807) is 12.0 Å². The largest absolute Gasteiger partial charge is 0.496 e. The minimum Gasteiger partial charge on any atom is -0.496 e. The number of methoxy groups -OCH3 is 1. The molecule has 20 heavy (non-hydrogen) atoms. The minimum atomic E-state index is -0.444. The number of carbonyl (C=O) groups is 1. The zero-order chi connectivity index (χ0) is 15.3. The molecule has 0 aliphatic rings. The van der Waals surface area contributed by atoms with Gasteiger partial charge in [-0.15, -0.1) is 0 Å². The van der Waals surface area contributed by atoms with Crippen LogP contribution in [0.4, 0.5) is 0 Å². The van der Waals surface area contributed by atoms with Crippen LogP contribution in [-0.2, 0) is 11.2 Å². The van der Waals surface area contributed by atoms with Crippen LogP contribution in [-0.4, -0.2) is 37.0 Å². The number of amides is 1. The lowest BCUT2D eigenvalue weighted by molar-refractivity contribution is -0.134. The van der Waals surface area contributed by atoms with Crippen LogP contribution in [0.15, 0.2) is 24.3 Å². The first-order chi connectivity index (χ1) is 9.38. The van der Waals surface area contributed by atoms with Crippen molar-refractivity contribution in [2.75, 3.05) is 14.2 Å². The van der Waals surface area contributed by atoms with Gasteiger partial charge in [-0.25, -0.2) is 0 Å². The first kappa shape index (κ1) is 16.5. The predicted molar refractivity (Wildman–Crippen MR) is 81.7 cm³/mol. The Labute approximate surface area is 121 Å². The molecule has 0 spiro atoms. The fourth-order valence-electron chi connectivity index (χ4n) is 2.06. The molecule has 0 aliphatic carbocycles. The van der Waals surface area contributed by atoms with E-state index in [0.29, 0.717) is 0 Å². The van der Waals surface area contributed by atoms with E-state index < -0.39 is 6.04 Å². The molecular formula is C16H26N2O2. The molecule has 1 unspecified atom stereocenters. The molecule has 1 rings (SSSR count). The summed E-state index contributed by atoms with van der Waals surface area (Å²) in [6.07, 6.45) is 0.747. The molecule has 112 valence electrons. The van der Waals surface area contributed by atoms with Gasteiger partial charge in [-0.2, -0.15) is 0 Å². The second kappa shape index (κ2) is 7.29. The second-order valence-corrected chi connectivity index (χ2v) is 5.58. The number of likely N-dealkylation sites (N-methyl/N-ethyl adjacent to an activating group) is 1. The topological polar surface area (TPSA) is 55.6 Å². The van der Waals surface area contributed by atoms with Crippen molar-refractivity contribution in [3.8, 4) is 5.75 Å². The Balaban J connectivity index is 2.75. The molecule has 0 fully saturated rings. The van der Waals surface area contributed by atoms with Crippen molar-refractivity contribution >= 4 is 5.91 Å². The van der Waals surface area contributed by atoms with E-state index in [1.807, 2.05) is 52.1 Å². The third-order valence-electron chi connectivity index (χ3n) is 3.72. The molecule has 0 aromatic heterocycles. The van der Waals surface area contributed by atoms with E-state index in [2.05, 4.69) is 0 Å². The van der Waals surface area contributed by atoms with Crippen LogP contribution >= 0.6 is 0 Å². The van der Waals surface area contributed by atoms with E-state index in [9.17, 15) is 4.79 Å². The number of ether oxygens (including phenoxy) is 1. The van der Waals surface area contributed by atoms with E-state index in [1.165, 1.54) is 0 Å². The Morgan fingerprint density at radius 2 is 1.90 bits per heavy atom. The van der Waals surface area contributed by atoms with Crippen LogP contribution in [0, 0.1) is 5.92 Å². The maximum Gasteiger partial charge on any atom is 0.239 e. The summed E-state index contributed by atoms with van der Waals surface area (Å²) in [5.41, 5.74) is 7.03. The third-order valence-corrected chi connectivity index (χ3v) is 3.72. The molecule has 0 radical (unpaired) electrons. The predicted octanol–water partition coefficient (Wildman–Crippen LogP) is 2.07. The van der Waals surface area contributed by atoms with Gasteiger partial charge in [0.25, 0.3) is 0 Å². The Morgan fingerprint density at radius 3 is 2.45 bits per heavy atom. The summed E-state index contributed by atoms with van der Waals surface area (Å²) in [5.74, 6) is 0.985. The second-order valence-electron chi connectivity index (χ2n) is 5.58. The van der Waals surface area contributed by atoms with Gasteiger partial charge in [0.15, 0.2) is 0 Å². The number of rotatable bonds is 6. The van der Waals surface area contributed by atoms with Crippen molar-refractivity contribution in [2.45, 2.75) is 39.3 Å². The Hall–Kier alpha value is -1.55. The number of benzene rings is 1. The monoisotopic (exact) mass is 278 g/mol. The summed E-state index contributed by atoms with van der Waals surface area (Å²) < 4.78 is 5.34. The maximum atomic E-state index is 12.2. The SMILES string of the molecule is COc1ccccc1CC(C)N(C)C(=O)[C@H](N)C(C)C. The number of carbonyl (C=O) groups excluding carboxylic acids is 1. The molecule has 0 saturated carbocycles. The highest BCUT2D eigenvalue weighted by Gasteiger charge is 2.24. The molecular weight excluding hydrogens is 252 g/mol. The Bertz CT molecular complexity index is 446. The van der Waals surface area contributed by atoms with Gasteiger partial charge in [-0.05, 0) is 30.9 Å². The molecule has 2 atom stereocenters. The zero-order valence-electron chi connectivity index (χ0n) is 13.1. The molecule has 1 aromatic rings. The summed E-state index contributed by atoms with van der Waals surface area (Å²) in [6, 6.07) is 7.51. The average molecular weight is 278 g/mol. The quantitative estimate of drug-likeness (QED) is 0.866. The van der Waals surface area contributed by atoms with E-state index in [0.717, 1.165) is 17.7 Å². The first-order valence-electron chi connectivity index (χ1n) is 7.02. The van der Waals surface area contributed by atoms with Gasteiger partial charge >= 0.3 is 0 Å². The summed E-state index contributed by atoms with van der Waals surface area (Å²) in [5, 5.41) is 0. The van der Waals surface area contributed by atoms with Crippen LogP contribution in [0.1, 0.15) is 26.3 Å². The highest BCUT2D eigenvalue weighted by molar-refractivity contribution is 5.82. The number of hydrogen-bond acceptors (Lipinski definition) is 3. The fourth-order valence-corrected chi connectivity index (χ4v) is 2.06. The first-order valence-corrected chi connectivity index (χ1v) is 7.02. The smallest absolute Gasteiger partial charge is 0.239 e. The van der Waals surface area contributed by atoms with Gasteiger partial charge in [0.1, 0.15) is 5.75 Å². The van der Waals surface area contributed by atoms with Gasteiger partial charge in [-0.3, -0.25) is 4.79 Å². The normalized spacial score (nSPS) is 13.9. The van der Waals surface area contributed by atoms with Crippen molar-refractivity contribution in [1.82, 2.24) is 4.90 Å². The van der Waals surface area contributed by atoms with Crippen LogP contribution in [0.5, 0.6) is 5.75 Å². The third kappa shape index (κ3) is 3.97. The fraction of sp³-hybridized carbons (Fsp3) is 0.562. The molecule has 1 amide bonds. The zero-order valence-corrected chi connectivity index (χ0v) is 13.1. The van der Waals surface area contributed by atoms with Gasteiger partial charge in [0.05, 0.1) is 13.2 Å². The molecule has 2 N–H and O–H groups in total. The number of hydrogen-bond donors (Lipinski definition) is 1. The van der Waals surface area contributed by atoms with Crippen molar-refractivity contribution in [3.63, 3.8) is 0 Å². The molecule has 0 heterocycles. The van der Waals surface area contributed by atoms with E-state index in [4.69, 9.17) is 10.5 Å². The van der Waals surface area contributed by atoms with E-state index >= 15 is 0 Å². The number of para-hydroxylation sites is 1. The molecule has 4 nitrogen and oxygen atoms in total. The van der Waals surface area contributed by atoms with Crippen LogP contribution < -0.4 is 10.5 Å². The lowest BCUT2D eigenvalue weighted by atomic mass is 10.0. The summed E-state index contributed by atoms with van der Waals surface area (Å²) >= 11 is 0. The molecule has 1 aromatic carbocycles. The summed E-state index contributed by atoms with van der Waals surface area (Å²) in [6.45, 7) is 5.94. The van der Waals surface area contributed by atoms with Crippen LogP contribution in [0.2, 0.25) is 0 Å². The summed E-state index contributed by atoms with van der Waals surface area (Å²) in [4.78, 5) is 14.0. The summed E-state index contributed by atoms with van der Waals surface area (Å²) in [7, 11) is 3.47. The van der Waals surface area contributed by atoms with Crippen LogP contribution in [0.3, 0.4) is 0 Å². The maximum absolute atomic E-state index is 12.2. The molecule has 0 aliphatic heterocycles. The molecule has 0 saturated heterocycles. The molecule has 4 heteroatoms. The van der Waals surface area contributed by atoms with Crippen molar-refractivity contribution < 1.29 is 9.53 Å². The standard InChI is InChI=1S/C16H26N2O2/c1-11(2)15(17)16(19)18(4)12(3)10-13-8-6-7-9-14(13)20-5/h6-9,11-12,15H,10,17H2,1-5H3/t12?,15-/m1/s1. The van der Waals surface area contributed by atoms with Crippen molar-refractivity contribution in [2.24, 2.45) is 11.7 Å². The van der Waals surface area contributed by atoms with Gasteiger partial charge < -0.3 is 15.4 Å². The highest BCUT2D eigenvalue weighted by atomic mass is 16.5. The lowest BCUT2D eigenvalue weighted by Gasteiger charge is -2.29. The van der Waals surface area contributed by atoms with Gasteiger partial charge in [0, 0.05) is 13.1 Å². The van der Waals surface area contributed by atoms with Gasteiger partial charge in [0.2, 0.25) is 5.91 Å². The minimum absolute atomic E-state index is 0.0117. The highest BCUT2D eigenvalue weighted by Crippen LogP contribution is 2.20. The average Bonchev–Trinajstić information content (AvgIpc) is 2.45. The number of nitrogens with zero attached hydrogens (tertiary/aromatic N) is 1. The van der Waals surface area contributed by atoms with Crippen molar-refractivity contribution in [3.05, 3.63) is 29.8 Å². The Morgan fingerprint density at radius 1 is 1.30 bits per heavy atom. The lowest BCUT2D eigenvalue weighted by Crippen LogP contribution is -2.48.